The molecule has 1 heterocycles. The molecule has 9 heteroatoms. The van der Waals surface area contributed by atoms with Gasteiger partial charge in [0.25, 0.3) is 10.0 Å². The lowest BCUT2D eigenvalue weighted by Crippen LogP contribution is -2.14. The zero-order valence-corrected chi connectivity index (χ0v) is 15.1. The highest BCUT2D eigenvalue weighted by atomic mass is 79.9. The molecular weight excluding hydrogens is 455 g/mol. The SMILES string of the molecule is O=S(=O)(Nc1ccc(Br)c(Cl)c1)c1cc(Br)cnc1Cl. The van der Waals surface area contributed by atoms with Crippen molar-refractivity contribution < 1.29 is 8.42 Å². The van der Waals surface area contributed by atoms with Crippen LogP contribution in [0.15, 0.2) is 44.3 Å². The number of sulfonamides is 1. The summed E-state index contributed by atoms with van der Waals surface area (Å²) in [7, 11) is -3.84. The molecule has 20 heavy (non-hydrogen) atoms. The van der Waals surface area contributed by atoms with Gasteiger partial charge < -0.3 is 0 Å². The Morgan fingerprint density at radius 2 is 1.85 bits per heavy atom. The number of rotatable bonds is 3. The average molecular weight is 461 g/mol. The summed E-state index contributed by atoms with van der Waals surface area (Å²) in [5.41, 5.74) is 0.328. The highest BCUT2D eigenvalue weighted by molar-refractivity contribution is 9.10. The van der Waals surface area contributed by atoms with Gasteiger partial charge in [-0.05, 0) is 56.1 Å². The molecule has 1 aromatic heterocycles. The summed E-state index contributed by atoms with van der Waals surface area (Å²) in [5.74, 6) is 0. The Morgan fingerprint density at radius 3 is 2.50 bits per heavy atom. The Morgan fingerprint density at radius 1 is 1.15 bits per heavy atom. The van der Waals surface area contributed by atoms with Crippen LogP contribution in [0.5, 0.6) is 0 Å². The first-order chi connectivity index (χ1) is 9.29. The quantitative estimate of drug-likeness (QED) is 0.674. The molecule has 2 rings (SSSR count). The van der Waals surface area contributed by atoms with Gasteiger partial charge in [0.1, 0.15) is 10.0 Å². The maximum atomic E-state index is 12.3. The van der Waals surface area contributed by atoms with Gasteiger partial charge in [-0.15, -0.1) is 0 Å². The molecular formula is C11H6Br2Cl2N2O2S. The van der Waals surface area contributed by atoms with Gasteiger partial charge in [0, 0.05) is 15.1 Å². The standard InChI is InChI=1S/C11H6Br2Cl2N2O2S/c12-6-3-10(11(15)16-5-6)20(18,19)17-7-1-2-8(13)9(14)4-7/h1-5,17H. The highest BCUT2D eigenvalue weighted by Crippen LogP contribution is 2.28. The lowest BCUT2D eigenvalue weighted by atomic mass is 10.3. The summed E-state index contributed by atoms with van der Waals surface area (Å²) in [6.45, 7) is 0. The van der Waals surface area contributed by atoms with Gasteiger partial charge in [0.05, 0.1) is 10.7 Å². The normalized spacial score (nSPS) is 11.4. The van der Waals surface area contributed by atoms with Crippen LogP contribution in [0.25, 0.3) is 0 Å². The number of nitrogens with zero attached hydrogens (tertiary/aromatic N) is 1. The van der Waals surface area contributed by atoms with E-state index >= 15 is 0 Å². The average Bonchev–Trinajstić information content (AvgIpc) is 2.36. The van der Waals surface area contributed by atoms with Gasteiger partial charge in [-0.2, -0.15) is 0 Å². The lowest BCUT2D eigenvalue weighted by molar-refractivity contribution is 0.601. The van der Waals surface area contributed by atoms with Crippen LogP contribution in [0, 0.1) is 0 Å². The van der Waals surface area contributed by atoms with E-state index in [1.165, 1.54) is 18.3 Å². The van der Waals surface area contributed by atoms with Crippen molar-refractivity contribution >= 4 is 70.8 Å². The zero-order chi connectivity index (χ0) is 14.9. The second kappa shape index (κ2) is 6.19. The number of halogens is 4. The molecule has 0 saturated carbocycles. The molecule has 0 bridgehead atoms. The van der Waals surface area contributed by atoms with Crippen molar-refractivity contribution in [3.8, 4) is 0 Å². The van der Waals surface area contributed by atoms with E-state index in [4.69, 9.17) is 23.2 Å². The van der Waals surface area contributed by atoms with Gasteiger partial charge in [-0.1, -0.05) is 23.2 Å². The molecule has 0 aliphatic rings. The molecule has 106 valence electrons. The predicted octanol–water partition coefficient (Wildman–Crippen LogP) is 4.71. The van der Waals surface area contributed by atoms with Crippen molar-refractivity contribution in [3.05, 3.63) is 49.6 Å². The topological polar surface area (TPSA) is 59.1 Å². The Balaban J connectivity index is 2.40. The van der Waals surface area contributed by atoms with Gasteiger partial charge in [-0.3, -0.25) is 4.72 Å². The predicted molar refractivity (Wildman–Crippen MR) is 86.9 cm³/mol. The molecule has 0 radical (unpaired) electrons. The van der Waals surface area contributed by atoms with Gasteiger partial charge >= 0.3 is 0 Å². The molecule has 0 fully saturated rings. The van der Waals surface area contributed by atoms with Crippen LogP contribution in [-0.4, -0.2) is 13.4 Å². The second-order valence-electron chi connectivity index (χ2n) is 3.68. The molecule has 0 unspecified atom stereocenters. The molecule has 0 atom stereocenters. The Hall–Kier alpha value is -0.340. The van der Waals surface area contributed by atoms with Crippen LogP contribution in [0.3, 0.4) is 0 Å². The third-order valence-electron chi connectivity index (χ3n) is 2.23. The molecule has 0 aliphatic heterocycles. The number of nitrogens with one attached hydrogen (secondary N) is 1. The first kappa shape index (κ1) is 16.0. The van der Waals surface area contributed by atoms with Crippen LogP contribution >= 0.6 is 55.1 Å². The smallest absolute Gasteiger partial charge is 0.265 e. The summed E-state index contributed by atoms with van der Waals surface area (Å²) in [5, 5.41) is 0.285. The van der Waals surface area contributed by atoms with Crippen molar-refractivity contribution in [2.45, 2.75) is 4.90 Å². The third-order valence-corrected chi connectivity index (χ3v) is 5.71. The molecule has 4 nitrogen and oxygen atoms in total. The minimum Gasteiger partial charge on any atom is -0.279 e. The number of aromatic nitrogens is 1. The maximum absolute atomic E-state index is 12.3. The minimum atomic E-state index is -3.84. The fraction of sp³-hybridized carbons (Fsp3) is 0. The van der Waals surface area contributed by atoms with E-state index in [2.05, 4.69) is 41.6 Å². The first-order valence-corrected chi connectivity index (χ1v) is 8.91. The molecule has 0 saturated heterocycles. The van der Waals surface area contributed by atoms with Crippen LogP contribution in [0.2, 0.25) is 10.2 Å². The first-order valence-electron chi connectivity index (χ1n) is 5.08. The summed E-state index contributed by atoms with van der Waals surface area (Å²) < 4.78 is 28.1. The number of pyridine rings is 1. The third kappa shape index (κ3) is 3.65. The van der Waals surface area contributed by atoms with Gasteiger partial charge in [0.15, 0.2) is 0 Å². The molecule has 2 aromatic rings. The number of benzene rings is 1. The van der Waals surface area contributed by atoms with Crippen LogP contribution in [-0.2, 0) is 10.0 Å². The Bertz CT molecular complexity index is 769. The summed E-state index contributed by atoms with van der Waals surface area (Å²) in [6, 6.07) is 6.08. The summed E-state index contributed by atoms with van der Waals surface area (Å²) >= 11 is 18.1. The highest BCUT2D eigenvalue weighted by Gasteiger charge is 2.19. The second-order valence-corrected chi connectivity index (χ2v) is 7.86. The monoisotopic (exact) mass is 458 g/mol. The molecule has 0 aliphatic carbocycles. The van der Waals surface area contributed by atoms with Crippen molar-refractivity contribution in [2.24, 2.45) is 0 Å². The van der Waals surface area contributed by atoms with Crippen LogP contribution < -0.4 is 4.72 Å². The fourth-order valence-electron chi connectivity index (χ4n) is 1.36. The maximum Gasteiger partial charge on any atom is 0.265 e. The fourth-order valence-corrected chi connectivity index (χ4v) is 3.78. The number of hydrogen-bond donors (Lipinski definition) is 1. The lowest BCUT2D eigenvalue weighted by Gasteiger charge is -2.10. The van der Waals surface area contributed by atoms with E-state index in [-0.39, 0.29) is 10.0 Å². The minimum absolute atomic E-state index is 0.107. The summed E-state index contributed by atoms with van der Waals surface area (Å²) in [4.78, 5) is 3.67. The molecule has 1 aromatic carbocycles. The number of hydrogen-bond acceptors (Lipinski definition) is 3. The van der Waals surface area contributed by atoms with E-state index in [0.29, 0.717) is 19.7 Å². The van der Waals surface area contributed by atoms with Crippen molar-refractivity contribution in [3.63, 3.8) is 0 Å². The van der Waals surface area contributed by atoms with Crippen molar-refractivity contribution in [2.75, 3.05) is 4.72 Å². The van der Waals surface area contributed by atoms with E-state index in [1.54, 1.807) is 12.1 Å². The van der Waals surface area contributed by atoms with Crippen molar-refractivity contribution in [1.29, 1.82) is 0 Å². The Labute approximate surface area is 142 Å². The molecule has 0 spiro atoms. The van der Waals surface area contributed by atoms with Crippen LogP contribution in [0.4, 0.5) is 5.69 Å². The molecule has 1 N–H and O–H groups in total. The van der Waals surface area contributed by atoms with Crippen molar-refractivity contribution in [1.82, 2.24) is 4.98 Å². The Kier molecular flexibility index (Phi) is 4.96. The largest absolute Gasteiger partial charge is 0.279 e. The zero-order valence-electron chi connectivity index (χ0n) is 9.57. The van der Waals surface area contributed by atoms with E-state index in [1.807, 2.05) is 0 Å². The van der Waals surface area contributed by atoms with E-state index in [0.717, 1.165) is 0 Å². The van der Waals surface area contributed by atoms with Gasteiger partial charge in [-0.25, -0.2) is 13.4 Å². The number of anilines is 1. The van der Waals surface area contributed by atoms with Crippen LogP contribution in [0.1, 0.15) is 0 Å². The van der Waals surface area contributed by atoms with Gasteiger partial charge in [0.2, 0.25) is 0 Å². The van der Waals surface area contributed by atoms with E-state index in [9.17, 15) is 8.42 Å². The van der Waals surface area contributed by atoms with E-state index < -0.39 is 10.0 Å². The molecule has 0 amide bonds. The summed E-state index contributed by atoms with van der Waals surface area (Å²) in [6.07, 6.45) is 1.41.